The van der Waals surface area contributed by atoms with Gasteiger partial charge >= 0.3 is 0 Å². The van der Waals surface area contributed by atoms with Crippen molar-refractivity contribution in [2.45, 2.75) is 25.2 Å². The average Bonchev–Trinajstić information content (AvgIpc) is 2.94. The smallest absolute Gasteiger partial charge is 0.263 e. The number of H-pyrrole nitrogens is 1. The van der Waals surface area contributed by atoms with E-state index in [1.807, 2.05) is 0 Å². The zero-order chi connectivity index (χ0) is 12.7. The van der Waals surface area contributed by atoms with E-state index in [1.54, 1.807) is 0 Å². The highest BCUT2D eigenvalue weighted by Crippen LogP contribution is 2.30. The molecule has 6 nitrogen and oxygen atoms in total. The van der Waals surface area contributed by atoms with E-state index >= 15 is 0 Å². The summed E-state index contributed by atoms with van der Waals surface area (Å²) in [5.74, 6) is -0.615. The van der Waals surface area contributed by atoms with Crippen LogP contribution in [0.1, 0.15) is 19.1 Å². The van der Waals surface area contributed by atoms with Crippen LogP contribution in [0.5, 0.6) is 0 Å². The Morgan fingerprint density at radius 2 is 2.44 bits per heavy atom. The van der Waals surface area contributed by atoms with Crippen LogP contribution in [-0.2, 0) is 4.74 Å². The van der Waals surface area contributed by atoms with Gasteiger partial charge in [0.05, 0.1) is 19.0 Å². The monoisotopic (exact) mass is 253 g/mol. The number of nitrogens with one attached hydrogen (secondary N) is 1. The Morgan fingerprint density at radius 1 is 1.61 bits per heavy atom. The van der Waals surface area contributed by atoms with Gasteiger partial charge in [-0.1, -0.05) is 0 Å². The lowest BCUT2D eigenvalue weighted by atomic mass is 10.2. The van der Waals surface area contributed by atoms with Crippen LogP contribution >= 0.6 is 0 Å². The van der Waals surface area contributed by atoms with Crippen molar-refractivity contribution in [3.63, 3.8) is 0 Å². The molecular formula is C11H12FN3O3. The van der Waals surface area contributed by atoms with Crippen molar-refractivity contribution in [3.05, 3.63) is 28.7 Å². The van der Waals surface area contributed by atoms with Crippen LogP contribution < -0.4 is 5.56 Å². The van der Waals surface area contributed by atoms with E-state index in [4.69, 9.17) is 9.84 Å². The molecule has 3 heterocycles. The van der Waals surface area contributed by atoms with E-state index in [1.165, 1.54) is 17.1 Å². The second-order valence-electron chi connectivity index (χ2n) is 4.29. The summed E-state index contributed by atoms with van der Waals surface area (Å²) in [4.78, 5) is 17.8. The Bertz CT molecular complexity index is 636. The van der Waals surface area contributed by atoms with Gasteiger partial charge in [-0.25, -0.2) is 9.37 Å². The van der Waals surface area contributed by atoms with Crippen molar-refractivity contribution in [2.24, 2.45) is 0 Å². The Labute approximate surface area is 101 Å². The number of rotatable bonds is 2. The van der Waals surface area contributed by atoms with Gasteiger partial charge in [0.1, 0.15) is 11.6 Å². The minimum absolute atomic E-state index is 0.0615. The number of aromatic nitrogens is 3. The lowest BCUT2D eigenvalue weighted by molar-refractivity contribution is -0.0206. The quantitative estimate of drug-likeness (QED) is 0.818. The third kappa shape index (κ3) is 1.63. The average molecular weight is 253 g/mol. The fourth-order valence-electron chi connectivity index (χ4n) is 2.29. The summed E-state index contributed by atoms with van der Waals surface area (Å²) in [6, 6.07) is 0. The molecular weight excluding hydrogens is 241 g/mol. The Hall–Kier alpha value is -1.73. The maximum absolute atomic E-state index is 13.7. The lowest BCUT2D eigenvalue weighted by Crippen LogP contribution is -2.14. The molecule has 2 N–H and O–H groups in total. The van der Waals surface area contributed by atoms with Crippen LogP contribution in [0.3, 0.4) is 0 Å². The molecule has 2 unspecified atom stereocenters. The number of fused-ring (bicyclic) bond motifs is 1. The molecule has 0 aliphatic carbocycles. The van der Waals surface area contributed by atoms with Crippen molar-refractivity contribution in [3.8, 4) is 0 Å². The van der Waals surface area contributed by atoms with Gasteiger partial charge in [0, 0.05) is 6.20 Å². The Kier molecular flexibility index (Phi) is 2.64. The molecule has 2 aromatic heterocycles. The Balaban J connectivity index is 2.08. The van der Waals surface area contributed by atoms with Crippen molar-refractivity contribution in [1.82, 2.24) is 14.5 Å². The zero-order valence-electron chi connectivity index (χ0n) is 9.47. The van der Waals surface area contributed by atoms with Crippen molar-refractivity contribution in [2.75, 3.05) is 6.61 Å². The molecule has 0 spiro atoms. The van der Waals surface area contributed by atoms with Gasteiger partial charge in [0.2, 0.25) is 0 Å². The number of aromatic amines is 1. The van der Waals surface area contributed by atoms with Crippen molar-refractivity contribution < 1.29 is 14.2 Å². The molecule has 0 saturated carbocycles. The standard InChI is InChI=1S/C11H12FN3O3/c12-7-3-15(8-2-1-6(4-16)18-8)10-9(7)11(17)14-5-13-10/h3,5-6,8,16H,1-2,4H2,(H,13,14,17). The van der Waals surface area contributed by atoms with Crippen LogP contribution in [0.15, 0.2) is 17.3 Å². The van der Waals surface area contributed by atoms with E-state index in [-0.39, 0.29) is 30.0 Å². The maximum Gasteiger partial charge on any atom is 0.263 e. The summed E-state index contributed by atoms with van der Waals surface area (Å²) >= 11 is 0. The number of ether oxygens (including phenoxy) is 1. The second-order valence-corrected chi connectivity index (χ2v) is 4.29. The molecule has 1 aliphatic rings. The highest BCUT2D eigenvalue weighted by Gasteiger charge is 2.28. The Morgan fingerprint density at radius 3 is 3.17 bits per heavy atom. The van der Waals surface area contributed by atoms with Crippen LogP contribution in [-0.4, -0.2) is 32.4 Å². The van der Waals surface area contributed by atoms with Gasteiger partial charge < -0.3 is 19.4 Å². The predicted octanol–water partition coefficient (Wildman–Crippen LogP) is 0.534. The summed E-state index contributed by atoms with van der Waals surface area (Å²) in [7, 11) is 0. The normalized spacial score (nSPS) is 23.9. The van der Waals surface area contributed by atoms with E-state index in [9.17, 15) is 9.18 Å². The number of aliphatic hydroxyl groups excluding tert-OH is 1. The number of hydrogen-bond donors (Lipinski definition) is 2. The number of nitrogens with zero attached hydrogens (tertiary/aromatic N) is 2. The SMILES string of the molecule is O=c1[nH]cnc2c1c(F)cn2C1CCC(CO)O1. The minimum Gasteiger partial charge on any atom is -0.394 e. The van der Waals surface area contributed by atoms with Gasteiger partial charge in [-0.05, 0) is 12.8 Å². The molecule has 0 amide bonds. The second kappa shape index (κ2) is 4.18. The molecule has 1 fully saturated rings. The highest BCUT2D eigenvalue weighted by molar-refractivity contribution is 5.75. The minimum atomic E-state index is -0.615. The molecule has 18 heavy (non-hydrogen) atoms. The molecule has 1 saturated heterocycles. The number of hydrogen-bond acceptors (Lipinski definition) is 4. The van der Waals surface area contributed by atoms with Crippen LogP contribution in [0.2, 0.25) is 0 Å². The maximum atomic E-state index is 13.7. The van der Waals surface area contributed by atoms with Crippen molar-refractivity contribution in [1.29, 1.82) is 0 Å². The predicted molar refractivity (Wildman–Crippen MR) is 60.5 cm³/mol. The molecule has 1 aliphatic heterocycles. The van der Waals surface area contributed by atoms with Gasteiger partial charge in [0.15, 0.2) is 11.5 Å². The molecule has 0 radical (unpaired) electrons. The first-order valence-corrected chi connectivity index (χ1v) is 5.70. The summed E-state index contributed by atoms with van der Waals surface area (Å²) in [5, 5.41) is 8.95. The van der Waals surface area contributed by atoms with Gasteiger partial charge in [-0.2, -0.15) is 0 Å². The third-order valence-electron chi connectivity index (χ3n) is 3.17. The summed E-state index contributed by atoms with van der Waals surface area (Å²) in [6.07, 6.45) is 3.19. The summed E-state index contributed by atoms with van der Waals surface area (Å²) in [6.45, 7) is -0.0633. The van der Waals surface area contributed by atoms with Crippen LogP contribution in [0, 0.1) is 5.82 Å². The molecule has 7 heteroatoms. The third-order valence-corrected chi connectivity index (χ3v) is 3.17. The lowest BCUT2D eigenvalue weighted by Gasteiger charge is -2.14. The van der Waals surface area contributed by atoms with Gasteiger partial charge in [0.25, 0.3) is 5.56 Å². The van der Waals surface area contributed by atoms with E-state index in [0.29, 0.717) is 12.8 Å². The van der Waals surface area contributed by atoms with Crippen molar-refractivity contribution >= 4 is 11.0 Å². The van der Waals surface area contributed by atoms with Crippen LogP contribution in [0.4, 0.5) is 4.39 Å². The first kappa shape index (κ1) is 11.4. The molecule has 96 valence electrons. The van der Waals surface area contributed by atoms with Gasteiger partial charge in [-0.15, -0.1) is 0 Å². The number of aliphatic hydroxyl groups is 1. The fraction of sp³-hybridized carbons (Fsp3) is 0.455. The molecule has 2 atom stereocenters. The van der Waals surface area contributed by atoms with E-state index < -0.39 is 11.4 Å². The first-order valence-electron chi connectivity index (χ1n) is 5.70. The topological polar surface area (TPSA) is 80.1 Å². The van der Waals surface area contributed by atoms with E-state index in [0.717, 1.165) is 0 Å². The zero-order valence-corrected chi connectivity index (χ0v) is 9.47. The number of halogens is 1. The molecule has 3 rings (SSSR count). The van der Waals surface area contributed by atoms with Gasteiger partial charge in [-0.3, -0.25) is 4.79 Å². The molecule has 2 aromatic rings. The summed E-state index contributed by atoms with van der Waals surface area (Å²) in [5.41, 5.74) is -0.243. The molecule has 0 aromatic carbocycles. The van der Waals surface area contributed by atoms with Crippen LogP contribution in [0.25, 0.3) is 11.0 Å². The fourth-order valence-corrected chi connectivity index (χ4v) is 2.29. The summed E-state index contributed by atoms with van der Waals surface area (Å²) < 4.78 is 20.8. The largest absolute Gasteiger partial charge is 0.394 e. The highest BCUT2D eigenvalue weighted by atomic mass is 19.1. The molecule has 0 bridgehead atoms. The van der Waals surface area contributed by atoms with E-state index in [2.05, 4.69) is 9.97 Å². The first-order chi connectivity index (χ1) is 8.70.